The summed E-state index contributed by atoms with van der Waals surface area (Å²) in [5, 5.41) is 4.69. The molecule has 0 bridgehead atoms. The van der Waals surface area contributed by atoms with Gasteiger partial charge >= 0.3 is 0 Å². The van der Waals surface area contributed by atoms with Gasteiger partial charge in [0.15, 0.2) is 0 Å². The van der Waals surface area contributed by atoms with Gasteiger partial charge in [-0.3, -0.25) is 4.40 Å². The third-order valence-electron chi connectivity index (χ3n) is 7.92. The van der Waals surface area contributed by atoms with Gasteiger partial charge in [0, 0.05) is 39.5 Å². The molecule has 0 N–H and O–H groups in total. The topological polar surface area (TPSA) is 35.4 Å². The van der Waals surface area contributed by atoms with Crippen LogP contribution in [-0.4, -0.2) is 14.0 Å². The first kappa shape index (κ1) is 20.7. The first-order chi connectivity index (χ1) is 19.3. The van der Waals surface area contributed by atoms with Crippen LogP contribution in [0.3, 0.4) is 0 Å². The minimum atomic E-state index is 0.913. The van der Waals surface area contributed by atoms with Gasteiger partial charge in [0.2, 0.25) is 0 Å². The summed E-state index contributed by atoms with van der Waals surface area (Å²) in [5.41, 5.74) is 10.7. The average molecular weight is 500 g/mol. The van der Waals surface area contributed by atoms with E-state index in [0.717, 1.165) is 49.8 Å². The van der Waals surface area contributed by atoms with E-state index in [1.165, 1.54) is 27.4 Å². The van der Waals surface area contributed by atoms with Gasteiger partial charge in [0.25, 0.3) is 0 Å². The number of rotatable bonds is 2. The Hall–Kier alpha value is -5.35. The molecule has 182 valence electrons. The van der Waals surface area contributed by atoms with Crippen molar-refractivity contribution in [2.24, 2.45) is 0 Å². The van der Waals surface area contributed by atoms with Crippen LogP contribution in [0, 0.1) is 0 Å². The average Bonchev–Trinajstić information content (AvgIpc) is 3.64. The highest BCUT2D eigenvalue weighted by Gasteiger charge is 2.17. The molecule has 4 heterocycles. The number of nitrogens with zero attached hydrogens (tertiary/aromatic N) is 3. The van der Waals surface area contributed by atoms with Gasteiger partial charge in [-0.25, -0.2) is 4.98 Å². The highest BCUT2D eigenvalue weighted by molar-refractivity contribution is 6.12. The van der Waals surface area contributed by atoms with Gasteiger partial charge in [-0.1, -0.05) is 60.7 Å². The summed E-state index contributed by atoms with van der Waals surface area (Å²) in [6.45, 7) is 0. The highest BCUT2D eigenvalue weighted by atomic mass is 16.3. The molecule has 0 radical (unpaired) electrons. The molecule has 0 amide bonds. The highest BCUT2D eigenvalue weighted by Crippen LogP contribution is 2.38. The molecule has 0 aliphatic heterocycles. The first-order valence-electron chi connectivity index (χ1n) is 13.1. The maximum absolute atomic E-state index is 6.08. The van der Waals surface area contributed by atoms with E-state index in [0.29, 0.717) is 0 Å². The Kier molecular flexibility index (Phi) is 4.02. The number of imidazole rings is 1. The Morgan fingerprint density at radius 1 is 0.513 bits per heavy atom. The largest absolute Gasteiger partial charge is 0.456 e. The van der Waals surface area contributed by atoms with Crippen LogP contribution in [0.5, 0.6) is 0 Å². The van der Waals surface area contributed by atoms with E-state index < -0.39 is 0 Å². The van der Waals surface area contributed by atoms with Gasteiger partial charge in [0.05, 0.1) is 22.1 Å². The molecule has 0 aliphatic rings. The molecule has 0 unspecified atom stereocenters. The van der Waals surface area contributed by atoms with Crippen LogP contribution in [0.4, 0.5) is 0 Å². The molecule has 0 fully saturated rings. The molecule has 0 saturated heterocycles. The minimum absolute atomic E-state index is 0.913. The van der Waals surface area contributed by atoms with Crippen LogP contribution in [0.25, 0.3) is 77.2 Å². The van der Waals surface area contributed by atoms with Crippen molar-refractivity contribution in [3.63, 3.8) is 0 Å². The molecule has 4 aromatic heterocycles. The number of para-hydroxylation sites is 4. The van der Waals surface area contributed by atoms with Crippen molar-refractivity contribution in [1.82, 2.24) is 14.0 Å². The molecule has 4 nitrogen and oxygen atoms in total. The van der Waals surface area contributed by atoms with Crippen LogP contribution in [0.1, 0.15) is 0 Å². The second kappa shape index (κ2) is 7.59. The zero-order valence-corrected chi connectivity index (χ0v) is 20.9. The standard InChI is InChI=1S/C35H21N3O/c1-2-8-24(9-3-1)38-30-16-14-22(23-15-17-34-27(19-23)25-10-4-7-13-33(25)39-34)18-26(30)28-21-37-31-12-6-5-11-29(31)36-35(37)20-32(28)38/h1-21H. The zero-order valence-electron chi connectivity index (χ0n) is 20.9. The summed E-state index contributed by atoms with van der Waals surface area (Å²) in [6.07, 6.45) is 2.25. The molecule has 0 aliphatic carbocycles. The fourth-order valence-electron chi connectivity index (χ4n) is 6.11. The zero-order chi connectivity index (χ0) is 25.5. The Morgan fingerprint density at radius 2 is 1.26 bits per heavy atom. The van der Waals surface area contributed by atoms with Crippen LogP contribution >= 0.6 is 0 Å². The SMILES string of the molecule is c1ccc(-n2c3ccc(-c4ccc5oc6ccccc6c5c4)cc3c3cn4c(cc32)nc2ccccc24)cc1. The van der Waals surface area contributed by atoms with E-state index >= 15 is 0 Å². The summed E-state index contributed by atoms with van der Waals surface area (Å²) in [5.74, 6) is 0. The molecule has 0 spiro atoms. The molecular weight excluding hydrogens is 478 g/mol. The van der Waals surface area contributed by atoms with Gasteiger partial charge in [-0.05, 0) is 65.7 Å². The summed E-state index contributed by atoms with van der Waals surface area (Å²) < 4.78 is 10.6. The number of aromatic nitrogens is 3. The number of benzene rings is 5. The third kappa shape index (κ3) is 2.91. The molecule has 9 aromatic rings. The molecule has 0 atom stereocenters. The molecule has 39 heavy (non-hydrogen) atoms. The van der Waals surface area contributed by atoms with Crippen molar-refractivity contribution in [2.45, 2.75) is 0 Å². The first-order valence-corrected chi connectivity index (χ1v) is 13.1. The van der Waals surface area contributed by atoms with Gasteiger partial charge in [-0.2, -0.15) is 0 Å². The van der Waals surface area contributed by atoms with E-state index in [9.17, 15) is 0 Å². The Bertz CT molecular complexity index is 2390. The maximum Gasteiger partial charge on any atom is 0.140 e. The van der Waals surface area contributed by atoms with Crippen LogP contribution in [-0.2, 0) is 0 Å². The summed E-state index contributed by atoms with van der Waals surface area (Å²) in [6, 6.07) is 42.6. The Morgan fingerprint density at radius 3 is 2.18 bits per heavy atom. The summed E-state index contributed by atoms with van der Waals surface area (Å²) in [7, 11) is 0. The lowest BCUT2D eigenvalue weighted by molar-refractivity contribution is 0.669. The van der Waals surface area contributed by atoms with Crippen LogP contribution in [0.2, 0.25) is 0 Å². The minimum Gasteiger partial charge on any atom is -0.456 e. The van der Waals surface area contributed by atoms with Gasteiger partial charge < -0.3 is 8.98 Å². The smallest absolute Gasteiger partial charge is 0.140 e. The normalized spacial score (nSPS) is 12.1. The third-order valence-corrected chi connectivity index (χ3v) is 7.92. The van der Waals surface area contributed by atoms with Gasteiger partial charge in [0.1, 0.15) is 16.8 Å². The Balaban J connectivity index is 1.35. The molecule has 4 heteroatoms. The van der Waals surface area contributed by atoms with Crippen molar-refractivity contribution in [1.29, 1.82) is 0 Å². The lowest BCUT2D eigenvalue weighted by atomic mass is 10.0. The number of fused-ring (bicyclic) bond motifs is 9. The number of hydrogen-bond acceptors (Lipinski definition) is 2. The van der Waals surface area contributed by atoms with Crippen molar-refractivity contribution in [3.8, 4) is 16.8 Å². The molecule has 5 aromatic carbocycles. The van der Waals surface area contributed by atoms with Crippen molar-refractivity contribution in [2.75, 3.05) is 0 Å². The van der Waals surface area contributed by atoms with Gasteiger partial charge in [-0.15, -0.1) is 0 Å². The predicted molar refractivity (Wildman–Crippen MR) is 160 cm³/mol. The fraction of sp³-hybridized carbons (Fsp3) is 0. The van der Waals surface area contributed by atoms with Crippen molar-refractivity contribution < 1.29 is 4.42 Å². The van der Waals surface area contributed by atoms with Crippen molar-refractivity contribution in [3.05, 3.63) is 128 Å². The number of furan rings is 1. The second-order valence-corrected chi connectivity index (χ2v) is 10.1. The van der Waals surface area contributed by atoms with Crippen LogP contribution < -0.4 is 0 Å². The number of pyridine rings is 1. The Labute approximate surface area is 223 Å². The molecule has 9 rings (SSSR count). The lowest BCUT2D eigenvalue weighted by Crippen LogP contribution is -1.94. The number of hydrogen-bond donors (Lipinski definition) is 0. The van der Waals surface area contributed by atoms with E-state index in [4.69, 9.17) is 9.40 Å². The van der Waals surface area contributed by atoms with E-state index in [1.807, 2.05) is 18.2 Å². The second-order valence-electron chi connectivity index (χ2n) is 10.1. The quantitative estimate of drug-likeness (QED) is 0.238. The van der Waals surface area contributed by atoms with E-state index in [1.54, 1.807) is 0 Å². The van der Waals surface area contributed by atoms with Crippen LogP contribution in [0.15, 0.2) is 132 Å². The van der Waals surface area contributed by atoms with Crippen molar-refractivity contribution >= 4 is 60.4 Å². The fourth-order valence-corrected chi connectivity index (χ4v) is 6.11. The molecular formula is C35H21N3O. The van der Waals surface area contributed by atoms with E-state index in [-0.39, 0.29) is 0 Å². The predicted octanol–water partition coefficient (Wildman–Crippen LogP) is 9.15. The summed E-state index contributed by atoms with van der Waals surface area (Å²) >= 11 is 0. The molecule has 0 saturated carbocycles. The monoisotopic (exact) mass is 499 g/mol. The maximum atomic E-state index is 6.08. The van der Waals surface area contributed by atoms with E-state index in [2.05, 4.69) is 118 Å². The summed E-state index contributed by atoms with van der Waals surface area (Å²) in [4.78, 5) is 4.92. The lowest BCUT2D eigenvalue weighted by Gasteiger charge is -2.08.